The first-order chi connectivity index (χ1) is 6.40. The van der Waals surface area contributed by atoms with Gasteiger partial charge in [-0.25, -0.2) is 0 Å². The minimum atomic E-state index is 0.199. The van der Waals surface area contributed by atoms with Gasteiger partial charge in [0.1, 0.15) is 0 Å². The molecule has 0 aliphatic carbocycles. The SMILES string of the molecule is Cc1cc(C(C)(C)CCN)c(C)n1C. The zero-order chi connectivity index (χ0) is 10.9. The van der Waals surface area contributed by atoms with E-state index in [4.69, 9.17) is 5.73 Å². The van der Waals surface area contributed by atoms with E-state index in [1.807, 2.05) is 0 Å². The summed E-state index contributed by atoms with van der Waals surface area (Å²) < 4.78 is 2.24. The fourth-order valence-electron chi connectivity index (χ4n) is 2.04. The van der Waals surface area contributed by atoms with E-state index in [9.17, 15) is 0 Å². The van der Waals surface area contributed by atoms with Gasteiger partial charge in [-0.2, -0.15) is 0 Å². The monoisotopic (exact) mass is 194 g/mol. The zero-order valence-corrected chi connectivity index (χ0v) is 10.0. The van der Waals surface area contributed by atoms with E-state index in [0.29, 0.717) is 0 Å². The van der Waals surface area contributed by atoms with Gasteiger partial charge in [-0.3, -0.25) is 0 Å². The molecule has 0 atom stereocenters. The maximum Gasteiger partial charge on any atom is 0.0180 e. The van der Waals surface area contributed by atoms with Gasteiger partial charge in [0, 0.05) is 18.4 Å². The number of hydrogen-bond acceptors (Lipinski definition) is 1. The highest BCUT2D eigenvalue weighted by molar-refractivity contribution is 5.32. The van der Waals surface area contributed by atoms with Crippen molar-refractivity contribution in [3.8, 4) is 0 Å². The molecule has 1 heterocycles. The number of rotatable bonds is 3. The molecule has 0 radical (unpaired) electrons. The summed E-state index contributed by atoms with van der Waals surface area (Å²) in [5, 5.41) is 0. The van der Waals surface area contributed by atoms with Gasteiger partial charge in [0.25, 0.3) is 0 Å². The maximum atomic E-state index is 5.64. The average molecular weight is 194 g/mol. The van der Waals surface area contributed by atoms with Gasteiger partial charge in [-0.05, 0) is 43.9 Å². The second-order valence-electron chi connectivity index (χ2n) is 4.77. The van der Waals surface area contributed by atoms with E-state index in [2.05, 4.69) is 45.4 Å². The van der Waals surface area contributed by atoms with E-state index in [1.165, 1.54) is 17.0 Å². The average Bonchev–Trinajstić information content (AvgIpc) is 2.33. The fourth-order valence-corrected chi connectivity index (χ4v) is 2.04. The Bertz CT molecular complexity index is 321. The number of aromatic nitrogens is 1. The molecule has 0 saturated carbocycles. The van der Waals surface area contributed by atoms with Crippen LogP contribution in [0.4, 0.5) is 0 Å². The van der Waals surface area contributed by atoms with E-state index < -0.39 is 0 Å². The topological polar surface area (TPSA) is 30.9 Å². The van der Waals surface area contributed by atoms with Crippen LogP contribution in [0.1, 0.15) is 37.2 Å². The van der Waals surface area contributed by atoms with Crippen molar-refractivity contribution in [1.82, 2.24) is 4.57 Å². The van der Waals surface area contributed by atoms with Crippen molar-refractivity contribution >= 4 is 0 Å². The molecule has 2 nitrogen and oxygen atoms in total. The molecule has 0 unspecified atom stereocenters. The third kappa shape index (κ3) is 1.85. The second kappa shape index (κ2) is 3.77. The Labute approximate surface area is 87.1 Å². The van der Waals surface area contributed by atoms with Gasteiger partial charge in [0.05, 0.1) is 0 Å². The van der Waals surface area contributed by atoms with Crippen molar-refractivity contribution in [2.24, 2.45) is 12.8 Å². The fraction of sp³-hybridized carbons (Fsp3) is 0.667. The molecule has 0 saturated heterocycles. The Morgan fingerprint density at radius 3 is 2.29 bits per heavy atom. The molecule has 2 N–H and O–H groups in total. The molecule has 0 spiro atoms. The van der Waals surface area contributed by atoms with Crippen molar-refractivity contribution in [3.63, 3.8) is 0 Å². The summed E-state index contributed by atoms with van der Waals surface area (Å²) >= 11 is 0. The molecule has 1 rings (SSSR count). The highest BCUT2D eigenvalue weighted by Gasteiger charge is 2.23. The summed E-state index contributed by atoms with van der Waals surface area (Å²) in [6.07, 6.45) is 1.04. The zero-order valence-electron chi connectivity index (χ0n) is 10.0. The maximum absolute atomic E-state index is 5.64. The van der Waals surface area contributed by atoms with Gasteiger partial charge < -0.3 is 10.3 Å². The van der Waals surface area contributed by atoms with E-state index in [-0.39, 0.29) is 5.41 Å². The summed E-state index contributed by atoms with van der Waals surface area (Å²) in [5.41, 5.74) is 9.96. The van der Waals surface area contributed by atoms with E-state index in [1.54, 1.807) is 0 Å². The molecule has 1 aromatic heterocycles. The molecule has 0 aliphatic rings. The van der Waals surface area contributed by atoms with Crippen molar-refractivity contribution in [2.45, 2.75) is 39.5 Å². The van der Waals surface area contributed by atoms with Crippen LogP contribution >= 0.6 is 0 Å². The van der Waals surface area contributed by atoms with Crippen molar-refractivity contribution < 1.29 is 0 Å². The minimum Gasteiger partial charge on any atom is -0.352 e. The minimum absolute atomic E-state index is 0.199. The van der Waals surface area contributed by atoms with Crippen molar-refractivity contribution in [3.05, 3.63) is 23.0 Å². The third-order valence-electron chi connectivity index (χ3n) is 3.27. The van der Waals surface area contributed by atoms with Crippen molar-refractivity contribution in [2.75, 3.05) is 6.54 Å². The number of hydrogen-bond donors (Lipinski definition) is 1. The van der Waals surface area contributed by atoms with Crippen LogP contribution in [0.15, 0.2) is 6.07 Å². The first-order valence-corrected chi connectivity index (χ1v) is 5.23. The Hall–Kier alpha value is -0.760. The first-order valence-electron chi connectivity index (χ1n) is 5.23. The lowest BCUT2D eigenvalue weighted by molar-refractivity contribution is 0.484. The number of aryl methyl sites for hydroxylation is 1. The van der Waals surface area contributed by atoms with Crippen molar-refractivity contribution in [1.29, 1.82) is 0 Å². The number of nitrogens with zero attached hydrogens (tertiary/aromatic N) is 1. The highest BCUT2D eigenvalue weighted by atomic mass is 14.9. The summed E-state index contributed by atoms with van der Waals surface area (Å²) in [6.45, 7) is 9.61. The van der Waals surface area contributed by atoms with Crippen LogP contribution in [-0.2, 0) is 12.5 Å². The molecule has 0 fully saturated rings. The van der Waals surface area contributed by atoms with Crippen LogP contribution in [0.3, 0.4) is 0 Å². The molecule has 2 heteroatoms. The normalized spacial score (nSPS) is 12.1. The molecule has 0 bridgehead atoms. The smallest absolute Gasteiger partial charge is 0.0180 e. The lowest BCUT2D eigenvalue weighted by atomic mass is 9.81. The van der Waals surface area contributed by atoms with Crippen LogP contribution in [0.5, 0.6) is 0 Å². The summed E-state index contributed by atoms with van der Waals surface area (Å²) in [5.74, 6) is 0. The highest BCUT2D eigenvalue weighted by Crippen LogP contribution is 2.30. The van der Waals surface area contributed by atoms with Gasteiger partial charge in [-0.1, -0.05) is 13.8 Å². The van der Waals surface area contributed by atoms with Gasteiger partial charge in [0.15, 0.2) is 0 Å². The Kier molecular flexibility index (Phi) is 3.05. The van der Waals surface area contributed by atoms with Gasteiger partial charge in [0.2, 0.25) is 0 Å². The summed E-state index contributed by atoms with van der Waals surface area (Å²) in [6, 6.07) is 2.28. The molecule has 0 aliphatic heterocycles. The van der Waals surface area contributed by atoms with Crippen LogP contribution in [-0.4, -0.2) is 11.1 Å². The quantitative estimate of drug-likeness (QED) is 0.786. The molecule has 0 amide bonds. The van der Waals surface area contributed by atoms with Crippen LogP contribution in [0.2, 0.25) is 0 Å². The molecular weight excluding hydrogens is 172 g/mol. The van der Waals surface area contributed by atoms with E-state index in [0.717, 1.165) is 13.0 Å². The number of nitrogens with two attached hydrogens (primary N) is 1. The summed E-state index contributed by atoms with van der Waals surface area (Å²) in [7, 11) is 2.12. The Morgan fingerprint density at radius 2 is 1.93 bits per heavy atom. The first kappa shape index (κ1) is 11.3. The molecular formula is C12H22N2. The van der Waals surface area contributed by atoms with Crippen LogP contribution in [0, 0.1) is 13.8 Å². The molecule has 0 aromatic carbocycles. The van der Waals surface area contributed by atoms with Gasteiger partial charge in [-0.15, -0.1) is 0 Å². The predicted molar refractivity (Wildman–Crippen MR) is 61.6 cm³/mol. The second-order valence-corrected chi connectivity index (χ2v) is 4.77. The lowest BCUT2D eigenvalue weighted by Gasteiger charge is -2.24. The Morgan fingerprint density at radius 1 is 1.36 bits per heavy atom. The molecule has 14 heavy (non-hydrogen) atoms. The van der Waals surface area contributed by atoms with Crippen LogP contribution < -0.4 is 5.73 Å². The summed E-state index contributed by atoms with van der Waals surface area (Å²) in [4.78, 5) is 0. The third-order valence-corrected chi connectivity index (χ3v) is 3.27. The molecule has 80 valence electrons. The standard InChI is InChI=1S/C12H22N2/c1-9-8-11(10(2)14(9)5)12(3,4)6-7-13/h8H,6-7,13H2,1-5H3. The van der Waals surface area contributed by atoms with Gasteiger partial charge >= 0.3 is 0 Å². The largest absolute Gasteiger partial charge is 0.352 e. The Balaban J connectivity index is 3.12. The lowest BCUT2D eigenvalue weighted by Crippen LogP contribution is -2.22. The predicted octanol–water partition coefficient (Wildman–Crippen LogP) is 2.27. The van der Waals surface area contributed by atoms with E-state index >= 15 is 0 Å². The molecule has 1 aromatic rings. The van der Waals surface area contributed by atoms with Crippen LogP contribution in [0.25, 0.3) is 0 Å².